The summed E-state index contributed by atoms with van der Waals surface area (Å²) >= 11 is 0. The van der Waals surface area contributed by atoms with Crippen LogP contribution in [0.4, 0.5) is 0 Å². The summed E-state index contributed by atoms with van der Waals surface area (Å²) in [7, 11) is 0. The Morgan fingerprint density at radius 3 is 2.31 bits per heavy atom. The highest BCUT2D eigenvalue weighted by Crippen LogP contribution is 1.90. The summed E-state index contributed by atoms with van der Waals surface area (Å²) in [5.74, 6) is -2.08. The van der Waals surface area contributed by atoms with Crippen molar-refractivity contribution < 1.29 is 19.8 Å². The molecule has 0 aromatic carbocycles. The third-order valence-electron chi connectivity index (χ3n) is 1.30. The van der Waals surface area contributed by atoms with Crippen LogP contribution in [0.15, 0.2) is 0 Å². The number of hydrogen-bond donors (Lipinski definition) is 2. The van der Waals surface area contributed by atoms with E-state index in [-0.39, 0.29) is 26.1 Å². The number of nitriles is 1. The lowest BCUT2D eigenvalue weighted by Gasteiger charge is -2.14. The van der Waals surface area contributed by atoms with Crippen LogP contribution in [0.5, 0.6) is 0 Å². The second-order valence-electron chi connectivity index (χ2n) is 2.41. The van der Waals surface area contributed by atoms with Gasteiger partial charge in [0, 0.05) is 6.54 Å². The first-order valence-electron chi connectivity index (χ1n) is 3.59. The predicted molar refractivity (Wildman–Crippen MR) is 41.9 cm³/mol. The van der Waals surface area contributed by atoms with Gasteiger partial charge in [-0.05, 0) is 0 Å². The van der Waals surface area contributed by atoms with Gasteiger partial charge in [-0.3, -0.25) is 14.5 Å². The van der Waals surface area contributed by atoms with Gasteiger partial charge in [0.2, 0.25) is 0 Å². The molecular formula is C7H10N2O4. The zero-order chi connectivity index (χ0) is 10.3. The van der Waals surface area contributed by atoms with E-state index >= 15 is 0 Å². The summed E-state index contributed by atoms with van der Waals surface area (Å²) in [6, 6.07) is 1.77. The lowest BCUT2D eigenvalue weighted by atomic mass is 10.3. The summed E-state index contributed by atoms with van der Waals surface area (Å²) in [4.78, 5) is 21.6. The van der Waals surface area contributed by atoms with Crippen LogP contribution in [0.2, 0.25) is 0 Å². The highest BCUT2D eigenvalue weighted by molar-refractivity contribution is 5.69. The average molecular weight is 186 g/mol. The number of aliphatic carboxylic acids is 2. The molecule has 0 saturated carbocycles. The van der Waals surface area contributed by atoms with Crippen LogP contribution >= 0.6 is 0 Å². The van der Waals surface area contributed by atoms with Crippen LogP contribution in [0.25, 0.3) is 0 Å². The van der Waals surface area contributed by atoms with Gasteiger partial charge in [-0.1, -0.05) is 0 Å². The van der Waals surface area contributed by atoms with Crippen molar-refractivity contribution in [3.05, 3.63) is 0 Å². The maximum Gasteiger partial charge on any atom is 0.317 e. The molecule has 0 bridgehead atoms. The fourth-order valence-electron chi connectivity index (χ4n) is 0.759. The maximum atomic E-state index is 10.2. The van der Waals surface area contributed by atoms with Gasteiger partial charge >= 0.3 is 11.9 Å². The van der Waals surface area contributed by atoms with Crippen molar-refractivity contribution in [2.24, 2.45) is 0 Å². The molecular weight excluding hydrogens is 176 g/mol. The molecule has 0 amide bonds. The molecule has 0 rings (SSSR count). The molecule has 0 aromatic heterocycles. The predicted octanol–water partition coefficient (Wildman–Crippen LogP) is -0.629. The first-order chi connectivity index (χ1) is 6.06. The molecule has 0 radical (unpaired) electrons. The van der Waals surface area contributed by atoms with E-state index in [0.29, 0.717) is 0 Å². The Labute approximate surface area is 75.0 Å². The van der Waals surface area contributed by atoms with E-state index in [1.165, 1.54) is 4.90 Å². The average Bonchev–Trinajstić information content (AvgIpc) is 1.99. The third-order valence-corrected chi connectivity index (χ3v) is 1.30. The largest absolute Gasteiger partial charge is 0.481 e. The lowest BCUT2D eigenvalue weighted by molar-refractivity contribution is -0.140. The van der Waals surface area contributed by atoms with Gasteiger partial charge < -0.3 is 10.2 Å². The van der Waals surface area contributed by atoms with Crippen molar-refractivity contribution in [3.8, 4) is 6.07 Å². The normalized spacial score (nSPS) is 9.54. The molecule has 72 valence electrons. The minimum absolute atomic E-state index is 0.0699. The molecule has 0 heterocycles. The Morgan fingerprint density at radius 1 is 1.31 bits per heavy atom. The van der Waals surface area contributed by atoms with Crippen molar-refractivity contribution in [2.45, 2.75) is 6.42 Å². The molecule has 0 saturated heterocycles. The van der Waals surface area contributed by atoms with E-state index in [2.05, 4.69) is 0 Å². The maximum absolute atomic E-state index is 10.2. The number of carboxylic acids is 2. The first kappa shape index (κ1) is 11.4. The molecule has 13 heavy (non-hydrogen) atoms. The number of carboxylic acid groups (broad SMARTS) is 2. The molecule has 0 unspecified atom stereocenters. The van der Waals surface area contributed by atoms with E-state index < -0.39 is 11.9 Å². The van der Waals surface area contributed by atoms with Gasteiger partial charge in [0.05, 0.1) is 25.6 Å². The van der Waals surface area contributed by atoms with E-state index in [4.69, 9.17) is 15.5 Å². The molecule has 6 heteroatoms. The molecule has 0 aliphatic heterocycles. The number of hydrogen-bond acceptors (Lipinski definition) is 4. The van der Waals surface area contributed by atoms with Crippen molar-refractivity contribution in [2.75, 3.05) is 19.6 Å². The SMILES string of the molecule is N#CCN(CCC(=O)O)CC(=O)O. The summed E-state index contributed by atoms with van der Waals surface area (Å²) in [6.07, 6.45) is -0.158. The van der Waals surface area contributed by atoms with Crippen LogP contribution in [0, 0.1) is 11.3 Å². The quantitative estimate of drug-likeness (QED) is 0.535. The van der Waals surface area contributed by atoms with Crippen LogP contribution in [-0.2, 0) is 9.59 Å². The molecule has 2 N–H and O–H groups in total. The van der Waals surface area contributed by atoms with Gasteiger partial charge in [-0.25, -0.2) is 0 Å². The Bertz CT molecular complexity index is 233. The second-order valence-corrected chi connectivity index (χ2v) is 2.41. The van der Waals surface area contributed by atoms with Gasteiger partial charge in [0.25, 0.3) is 0 Å². The van der Waals surface area contributed by atoms with Crippen molar-refractivity contribution in [1.82, 2.24) is 4.90 Å². The number of rotatable bonds is 6. The van der Waals surface area contributed by atoms with E-state index in [9.17, 15) is 9.59 Å². The third kappa shape index (κ3) is 6.77. The minimum Gasteiger partial charge on any atom is -0.481 e. The van der Waals surface area contributed by atoms with Gasteiger partial charge in [-0.2, -0.15) is 5.26 Å². The Hall–Kier alpha value is -1.61. The highest BCUT2D eigenvalue weighted by atomic mass is 16.4. The van der Waals surface area contributed by atoms with Crippen LogP contribution in [0.3, 0.4) is 0 Å². The minimum atomic E-state index is -1.07. The molecule has 0 aliphatic rings. The van der Waals surface area contributed by atoms with Crippen molar-refractivity contribution >= 4 is 11.9 Å². The fraction of sp³-hybridized carbons (Fsp3) is 0.571. The summed E-state index contributed by atoms with van der Waals surface area (Å²) in [5.41, 5.74) is 0. The van der Waals surface area contributed by atoms with Gasteiger partial charge in [-0.15, -0.1) is 0 Å². The monoisotopic (exact) mass is 186 g/mol. The van der Waals surface area contributed by atoms with E-state index in [0.717, 1.165) is 0 Å². The highest BCUT2D eigenvalue weighted by Gasteiger charge is 2.10. The molecule has 0 aromatic rings. The standard InChI is InChI=1S/C7H10N2O4/c8-2-4-9(5-7(12)13)3-1-6(10)11/h1,3-5H2,(H,10,11)(H,12,13). The Balaban J connectivity index is 3.88. The first-order valence-corrected chi connectivity index (χ1v) is 3.59. The van der Waals surface area contributed by atoms with E-state index in [1.54, 1.807) is 6.07 Å². The zero-order valence-electron chi connectivity index (χ0n) is 6.93. The second kappa shape index (κ2) is 5.97. The Morgan fingerprint density at radius 2 is 1.92 bits per heavy atom. The number of nitrogens with zero attached hydrogens (tertiary/aromatic N) is 2. The molecule has 0 spiro atoms. The summed E-state index contributed by atoms with van der Waals surface area (Å²) in [6.45, 7) is -0.296. The zero-order valence-corrected chi connectivity index (χ0v) is 6.93. The molecule has 0 atom stereocenters. The smallest absolute Gasteiger partial charge is 0.317 e. The molecule has 0 aliphatic carbocycles. The van der Waals surface area contributed by atoms with E-state index in [1.807, 2.05) is 0 Å². The fourth-order valence-corrected chi connectivity index (χ4v) is 0.759. The summed E-state index contributed by atoms with van der Waals surface area (Å²) < 4.78 is 0. The Kier molecular flexibility index (Phi) is 5.23. The number of carbonyl (C=O) groups is 2. The van der Waals surface area contributed by atoms with Crippen molar-refractivity contribution in [3.63, 3.8) is 0 Å². The van der Waals surface area contributed by atoms with Crippen LogP contribution in [0.1, 0.15) is 6.42 Å². The van der Waals surface area contributed by atoms with Crippen LogP contribution in [-0.4, -0.2) is 46.7 Å². The van der Waals surface area contributed by atoms with Gasteiger partial charge in [0.15, 0.2) is 0 Å². The van der Waals surface area contributed by atoms with Crippen LogP contribution < -0.4 is 0 Å². The summed E-state index contributed by atoms with van der Waals surface area (Å²) in [5, 5.41) is 25.0. The molecule has 6 nitrogen and oxygen atoms in total. The topological polar surface area (TPSA) is 102 Å². The molecule has 0 fully saturated rings. The van der Waals surface area contributed by atoms with Gasteiger partial charge in [0.1, 0.15) is 0 Å². The lowest BCUT2D eigenvalue weighted by Crippen LogP contribution is -2.32. The van der Waals surface area contributed by atoms with Crippen molar-refractivity contribution in [1.29, 1.82) is 5.26 Å².